The maximum atomic E-state index is 13.3. The number of thiophene rings is 1. The van der Waals surface area contributed by atoms with Crippen molar-refractivity contribution in [1.29, 1.82) is 0 Å². The quantitative estimate of drug-likeness (QED) is 0.327. The Morgan fingerprint density at radius 1 is 1.21 bits per heavy atom. The topological polar surface area (TPSA) is 59.1 Å². The first kappa shape index (κ1) is 22.6. The van der Waals surface area contributed by atoms with E-state index in [0.29, 0.717) is 22.4 Å². The van der Waals surface area contributed by atoms with Gasteiger partial charge in [-0.05, 0) is 78.6 Å². The third kappa shape index (κ3) is 5.00. The van der Waals surface area contributed by atoms with Crippen molar-refractivity contribution in [2.75, 3.05) is 11.9 Å². The average molecular weight is 493 g/mol. The summed E-state index contributed by atoms with van der Waals surface area (Å²) in [7, 11) is 0. The molecular weight excluding hydrogens is 471 g/mol. The van der Waals surface area contributed by atoms with Gasteiger partial charge in [0.1, 0.15) is 18.2 Å². The molecule has 2 aromatic heterocycles. The number of nitrogens with zero attached hydrogens (tertiary/aromatic N) is 2. The highest BCUT2D eigenvalue weighted by atomic mass is 35.5. The van der Waals surface area contributed by atoms with Gasteiger partial charge in [0.05, 0.1) is 15.2 Å². The number of hydrogen-bond acceptors (Lipinski definition) is 6. The molecule has 1 saturated carbocycles. The van der Waals surface area contributed by atoms with E-state index < -0.39 is 0 Å². The van der Waals surface area contributed by atoms with Gasteiger partial charge in [0.2, 0.25) is 5.82 Å². The van der Waals surface area contributed by atoms with Crippen LogP contribution in [0.3, 0.4) is 0 Å². The average Bonchev–Trinajstić information content (AvgIpc) is 3.30. The van der Waals surface area contributed by atoms with Crippen LogP contribution in [0.4, 0.5) is 15.9 Å². The summed E-state index contributed by atoms with van der Waals surface area (Å²) >= 11 is 7.87. The Kier molecular flexibility index (Phi) is 6.63. The standard InChI is InChI=1S/C21H13ClFN3OS.C5H9N/c1-2-19-25-17-8-9-28-20(17)21(26-19)24-15-6-7-18(16(22)11-15)27-12-13-4-3-5-14(23)10-13;1-2-5-4(1)3-6-5/h1,3-11H,12H2,(H,24,25,26);4-6H,1-3H2. The molecule has 2 aliphatic rings. The highest BCUT2D eigenvalue weighted by Crippen LogP contribution is 2.33. The summed E-state index contributed by atoms with van der Waals surface area (Å²) in [6, 6.07) is 14.4. The summed E-state index contributed by atoms with van der Waals surface area (Å²) < 4.78 is 19.9. The molecule has 4 aromatic rings. The first-order valence-corrected chi connectivity index (χ1v) is 12.2. The number of fused-ring (bicyclic) bond motifs is 2. The van der Waals surface area contributed by atoms with Gasteiger partial charge in [-0.1, -0.05) is 23.7 Å². The van der Waals surface area contributed by atoms with Gasteiger partial charge in [-0.2, -0.15) is 0 Å². The normalized spacial score (nSPS) is 17.9. The molecule has 172 valence electrons. The number of ether oxygens (including phenoxy) is 1. The van der Waals surface area contributed by atoms with E-state index in [9.17, 15) is 4.39 Å². The third-order valence-electron chi connectivity index (χ3n) is 5.97. The molecule has 0 radical (unpaired) electrons. The number of aromatic nitrogens is 2. The largest absolute Gasteiger partial charge is 0.487 e. The second kappa shape index (κ2) is 9.98. The number of hydrogen-bond donors (Lipinski definition) is 2. The van der Waals surface area contributed by atoms with Crippen LogP contribution in [0, 0.1) is 24.1 Å². The van der Waals surface area contributed by atoms with E-state index >= 15 is 0 Å². The maximum Gasteiger partial charge on any atom is 0.207 e. The number of nitrogens with one attached hydrogen (secondary N) is 2. The zero-order valence-electron chi connectivity index (χ0n) is 18.2. The minimum Gasteiger partial charge on any atom is -0.487 e. The Hall–Kier alpha value is -3.18. The van der Waals surface area contributed by atoms with E-state index in [1.807, 2.05) is 17.5 Å². The van der Waals surface area contributed by atoms with Gasteiger partial charge in [0, 0.05) is 11.7 Å². The predicted octanol–water partition coefficient (Wildman–Crippen LogP) is 6.16. The summed E-state index contributed by atoms with van der Waals surface area (Å²) in [5, 5.41) is 8.93. The van der Waals surface area contributed by atoms with Crippen molar-refractivity contribution in [3.63, 3.8) is 0 Å². The number of piperidine rings is 1. The van der Waals surface area contributed by atoms with Crippen molar-refractivity contribution in [1.82, 2.24) is 15.3 Å². The van der Waals surface area contributed by atoms with Crippen molar-refractivity contribution in [3.8, 4) is 18.1 Å². The second-order valence-corrected chi connectivity index (χ2v) is 9.54. The monoisotopic (exact) mass is 492 g/mol. The lowest BCUT2D eigenvalue weighted by Crippen LogP contribution is -2.59. The van der Waals surface area contributed by atoms with Crippen LogP contribution in [0.15, 0.2) is 53.9 Å². The van der Waals surface area contributed by atoms with Gasteiger partial charge in [-0.15, -0.1) is 17.8 Å². The third-order valence-corrected chi connectivity index (χ3v) is 7.18. The van der Waals surface area contributed by atoms with Crippen molar-refractivity contribution in [2.24, 2.45) is 5.92 Å². The lowest BCUT2D eigenvalue weighted by Gasteiger charge is -2.47. The minimum absolute atomic E-state index is 0.220. The summed E-state index contributed by atoms with van der Waals surface area (Å²) in [6.45, 7) is 1.53. The fourth-order valence-electron chi connectivity index (χ4n) is 3.86. The van der Waals surface area contributed by atoms with E-state index in [2.05, 4.69) is 26.5 Å². The van der Waals surface area contributed by atoms with Gasteiger partial charge >= 0.3 is 0 Å². The van der Waals surface area contributed by atoms with Crippen molar-refractivity contribution in [3.05, 3.63) is 76.1 Å². The molecule has 1 saturated heterocycles. The summed E-state index contributed by atoms with van der Waals surface area (Å²) in [5.74, 6) is 4.70. The van der Waals surface area contributed by atoms with Gasteiger partial charge in [-0.3, -0.25) is 0 Å². The van der Waals surface area contributed by atoms with Crippen molar-refractivity contribution < 1.29 is 9.13 Å². The van der Waals surface area contributed by atoms with Crippen LogP contribution in [0.1, 0.15) is 24.2 Å². The van der Waals surface area contributed by atoms with Gasteiger partial charge in [-0.25, -0.2) is 14.4 Å². The zero-order valence-corrected chi connectivity index (χ0v) is 19.8. The molecule has 2 aromatic carbocycles. The summed E-state index contributed by atoms with van der Waals surface area (Å²) in [6.07, 6.45) is 8.39. The molecule has 3 heterocycles. The molecule has 2 fully saturated rings. The number of rotatable bonds is 5. The predicted molar refractivity (Wildman–Crippen MR) is 135 cm³/mol. The molecule has 34 heavy (non-hydrogen) atoms. The molecular formula is C26H22ClFN4OS. The summed E-state index contributed by atoms with van der Waals surface area (Å²) in [5.41, 5.74) is 2.25. The SMILES string of the molecule is C#Cc1nc(Nc2ccc(OCc3cccc(F)c3)c(Cl)c2)c2sccc2n1.C1CC2NCC12. The van der Waals surface area contributed by atoms with Crippen LogP contribution >= 0.6 is 22.9 Å². The molecule has 5 nitrogen and oxygen atoms in total. The van der Waals surface area contributed by atoms with Crippen LogP contribution in [-0.2, 0) is 6.61 Å². The van der Waals surface area contributed by atoms with Crippen LogP contribution in [-0.4, -0.2) is 22.6 Å². The minimum atomic E-state index is -0.303. The Balaban J connectivity index is 0.000000343. The van der Waals surface area contributed by atoms with E-state index in [4.69, 9.17) is 22.8 Å². The number of halogens is 2. The molecule has 8 heteroatoms. The second-order valence-electron chi connectivity index (χ2n) is 8.22. The van der Waals surface area contributed by atoms with Crippen molar-refractivity contribution in [2.45, 2.75) is 25.5 Å². The number of terminal acetylenes is 1. The first-order chi connectivity index (χ1) is 16.6. The Morgan fingerprint density at radius 3 is 2.74 bits per heavy atom. The molecule has 0 spiro atoms. The first-order valence-electron chi connectivity index (χ1n) is 11.0. The smallest absolute Gasteiger partial charge is 0.207 e. The van der Waals surface area contributed by atoms with Crippen LogP contribution in [0.2, 0.25) is 5.02 Å². The highest BCUT2D eigenvalue weighted by Gasteiger charge is 2.37. The van der Waals surface area contributed by atoms with Crippen molar-refractivity contribution >= 4 is 44.7 Å². The molecule has 0 amide bonds. The zero-order chi connectivity index (χ0) is 23.5. The molecule has 1 aliphatic carbocycles. The van der Waals surface area contributed by atoms with Crippen LogP contribution in [0.5, 0.6) is 5.75 Å². The van der Waals surface area contributed by atoms with Gasteiger partial charge in [0.25, 0.3) is 0 Å². The lowest BCUT2D eigenvalue weighted by molar-refractivity contribution is 0.111. The van der Waals surface area contributed by atoms with Gasteiger partial charge in [0.15, 0.2) is 5.82 Å². The van der Waals surface area contributed by atoms with E-state index in [-0.39, 0.29) is 12.4 Å². The van der Waals surface area contributed by atoms with Crippen LogP contribution in [0.25, 0.3) is 10.2 Å². The molecule has 2 atom stereocenters. The van der Waals surface area contributed by atoms with E-state index in [0.717, 1.165) is 33.4 Å². The Labute approximate surface area is 206 Å². The van der Waals surface area contributed by atoms with Gasteiger partial charge < -0.3 is 15.4 Å². The fourth-order valence-corrected chi connectivity index (χ4v) is 4.87. The Morgan fingerprint density at radius 2 is 2.09 bits per heavy atom. The number of anilines is 2. The maximum absolute atomic E-state index is 13.3. The lowest BCUT2D eigenvalue weighted by atomic mass is 9.74. The van der Waals surface area contributed by atoms with E-state index in [1.165, 1.54) is 42.9 Å². The summed E-state index contributed by atoms with van der Waals surface area (Å²) in [4.78, 5) is 8.66. The molecule has 1 aliphatic heterocycles. The molecule has 0 bridgehead atoms. The Bertz CT molecular complexity index is 1350. The molecule has 6 rings (SSSR count). The molecule has 2 N–H and O–H groups in total. The highest BCUT2D eigenvalue weighted by molar-refractivity contribution is 7.17. The van der Waals surface area contributed by atoms with Crippen LogP contribution < -0.4 is 15.4 Å². The fraction of sp³-hybridized carbons (Fsp3) is 0.231. The molecule has 2 unspecified atom stereocenters. The number of benzene rings is 2. The van der Waals surface area contributed by atoms with E-state index in [1.54, 1.807) is 24.3 Å².